The van der Waals surface area contributed by atoms with Crippen LogP contribution in [0.1, 0.15) is 0 Å². The Morgan fingerprint density at radius 1 is 0.425 bits per heavy atom. The van der Waals surface area contributed by atoms with Crippen LogP contribution >= 0.6 is 69.6 Å². The van der Waals surface area contributed by atoms with Crippen molar-refractivity contribution in [2.75, 3.05) is 0 Å². The Bertz CT molecular complexity index is 1630. The molecule has 0 amide bonds. The van der Waals surface area contributed by atoms with Gasteiger partial charge in [-0.3, -0.25) is 15.0 Å². The molecule has 3 radical (unpaired) electrons. The Kier molecular flexibility index (Phi) is 11.4. The average Bonchev–Trinajstić information content (AvgIpc) is 2.94. The molecule has 3 N–H and O–H groups in total. The summed E-state index contributed by atoms with van der Waals surface area (Å²) in [6.45, 7) is 0. The van der Waals surface area contributed by atoms with Crippen molar-refractivity contribution >= 4 is 127 Å². The number of rotatable bonds is 0. The van der Waals surface area contributed by atoms with Crippen LogP contribution in [0.5, 0.6) is 17.2 Å². The van der Waals surface area contributed by atoms with Gasteiger partial charge < -0.3 is 15.3 Å². The Morgan fingerprint density at radius 3 is 0.925 bits per heavy atom. The third kappa shape index (κ3) is 7.00. The molecule has 0 saturated heterocycles. The molecule has 6 rings (SSSR count). The second-order valence-electron chi connectivity index (χ2n) is 7.77. The molecule has 3 aromatic carbocycles. The van der Waals surface area contributed by atoms with Gasteiger partial charge >= 0.3 is 0 Å². The smallest absolute Gasteiger partial charge is 0.160 e. The van der Waals surface area contributed by atoms with Gasteiger partial charge in [0.05, 0.1) is 30.1 Å². The predicted molar refractivity (Wildman–Crippen MR) is 166 cm³/mol. The van der Waals surface area contributed by atoms with E-state index in [9.17, 15) is 15.3 Å². The molecule has 3 heterocycles. The first-order valence-electron chi connectivity index (χ1n) is 10.8. The molecular formula is C27H15Cl6N3O3Sb. The van der Waals surface area contributed by atoms with Crippen LogP contribution in [-0.2, 0) is 0 Å². The van der Waals surface area contributed by atoms with Gasteiger partial charge in [-0.15, -0.1) is 0 Å². The number of fused-ring (bicyclic) bond motifs is 3. The van der Waals surface area contributed by atoms with E-state index in [1.165, 1.54) is 18.2 Å². The summed E-state index contributed by atoms with van der Waals surface area (Å²) in [5.41, 5.74) is 1.29. The summed E-state index contributed by atoms with van der Waals surface area (Å²) in [5.74, 6) is -0.0787. The van der Waals surface area contributed by atoms with Gasteiger partial charge in [0.15, 0.2) is 17.2 Å². The Morgan fingerprint density at radius 2 is 0.675 bits per heavy atom. The fraction of sp³-hybridized carbons (Fsp3) is 0. The van der Waals surface area contributed by atoms with E-state index in [1.807, 2.05) is 0 Å². The maximum absolute atomic E-state index is 9.53. The molecule has 0 aliphatic rings. The van der Waals surface area contributed by atoms with E-state index in [0.29, 0.717) is 47.8 Å². The number of phenols is 3. The van der Waals surface area contributed by atoms with Crippen molar-refractivity contribution in [1.82, 2.24) is 15.0 Å². The minimum Gasteiger partial charge on any atom is -0.504 e. The summed E-state index contributed by atoms with van der Waals surface area (Å²) in [6, 6.07) is 15.1. The number of aromatic nitrogens is 3. The van der Waals surface area contributed by atoms with E-state index in [4.69, 9.17) is 69.6 Å². The van der Waals surface area contributed by atoms with Crippen LogP contribution in [0.3, 0.4) is 0 Å². The third-order valence-corrected chi connectivity index (χ3v) is 7.11. The molecule has 0 aliphatic heterocycles. The van der Waals surface area contributed by atoms with Gasteiger partial charge in [-0.25, -0.2) is 0 Å². The van der Waals surface area contributed by atoms with E-state index < -0.39 is 0 Å². The first-order valence-corrected chi connectivity index (χ1v) is 13.1. The Balaban J connectivity index is 0.000000163. The Hall–Kier alpha value is -2.15. The van der Waals surface area contributed by atoms with Crippen molar-refractivity contribution in [1.29, 1.82) is 0 Å². The minimum atomic E-state index is -0.0262. The topological polar surface area (TPSA) is 99.4 Å². The van der Waals surface area contributed by atoms with Crippen molar-refractivity contribution in [3.63, 3.8) is 0 Å². The van der Waals surface area contributed by atoms with Crippen LogP contribution in [0.15, 0.2) is 73.2 Å². The normalized spacial score (nSPS) is 10.3. The molecule has 0 fully saturated rings. The number of hydrogen-bond donors (Lipinski definition) is 3. The monoisotopic (exact) mass is 760 g/mol. The average molecular weight is 764 g/mol. The zero-order valence-electron chi connectivity index (χ0n) is 19.8. The molecule has 6 aromatic rings. The number of aromatic hydroxyl groups is 3. The molecule has 0 aliphatic carbocycles. The van der Waals surface area contributed by atoms with Gasteiger partial charge in [-0.1, -0.05) is 69.6 Å². The number of nitrogens with zero attached hydrogens (tertiary/aromatic N) is 3. The SMILES string of the molecule is Oc1c(Cl)cc(Cl)c2cccnc12.Oc1c(Cl)cc(Cl)c2cccnc12.Oc1c(Cl)cc(Cl)c2cccnc12.[Sb]. The van der Waals surface area contributed by atoms with Gasteiger partial charge in [0.25, 0.3) is 0 Å². The van der Waals surface area contributed by atoms with Gasteiger partial charge in [0.1, 0.15) is 16.6 Å². The second-order valence-corrected chi connectivity index (χ2v) is 10.2. The summed E-state index contributed by atoms with van der Waals surface area (Å²) in [4.78, 5) is 12.0. The van der Waals surface area contributed by atoms with E-state index >= 15 is 0 Å². The molecule has 203 valence electrons. The molecule has 0 unspecified atom stereocenters. The fourth-order valence-electron chi connectivity index (χ4n) is 3.47. The molecule has 13 heteroatoms. The first-order chi connectivity index (χ1) is 18.6. The Labute approximate surface area is 275 Å². The van der Waals surface area contributed by atoms with Crippen molar-refractivity contribution in [2.45, 2.75) is 0 Å². The molecule has 3 aromatic heterocycles. The number of phenolic OH excluding ortho intramolecular Hbond substituents is 3. The largest absolute Gasteiger partial charge is 0.504 e. The summed E-state index contributed by atoms with van der Waals surface area (Å²) in [6.07, 6.45) is 4.73. The van der Waals surface area contributed by atoms with Crippen LogP contribution in [0.4, 0.5) is 0 Å². The van der Waals surface area contributed by atoms with Gasteiger partial charge in [0, 0.05) is 59.2 Å². The van der Waals surface area contributed by atoms with E-state index in [0.717, 1.165) is 0 Å². The van der Waals surface area contributed by atoms with Crippen LogP contribution in [0.25, 0.3) is 32.7 Å². The molecule has 0 atom stereocenters. The van der Waals surface area contributed by atoms with Crippen molar-refractivity contribution in [3.05, 3.63) is 103 Å². The summed E-state index contributed by atoms with van der Waals surface area (Å²) < 4.78 is 0. The molecule has 0 saturated carbocycles. The number of hydrogen-bond acceptors (Lipinski definition) is 6. The summed E-state index contributed by atoms with van der Waals surface area (Å²) in [5, 5.41) is 32.8. The fourth-order valence-corrected chi connectivity index (χ4v) is 5.02. The van der Waals surface area contributed by atoms with Crippen LogP contribution in [0.2, 0.25) is 30.1 Å². The van der Waals surface area contributed by atoms with Gasteiger partial charge in [-0.05, 0) is 54.6 Å². The minimum absolute atomic E-state index is 0. The molecule has 0 spiro atoms. The quantitative estimate of drug-likeness (QED) is 0.134. The van der Waals surface area contributed by atoms with E-state index in [2.05, 4.69) is 15.0 Å². The standard InChI is InChI=1S/3C9H5Cl2NO.Sb/c3*10-6-4-7(11)9(13)8-5(6)2-1-3-12-8;/h3*1-4,13H;. The van der Waals surface area contributed by atoms with E-state index in [-0.39, 0.29) is 56.7 Å². The zero-order chi connectivity index (χ0) is 28.3. The maximum Gasteiger partial charge on any atom is 0.160 e. The number of halogens is 6. The first kappa shape index (κ1) is 32.4. The maximum atomic E-state index is 9.53. The van der Waals surface area contributed by atoms with Crippen molar-refractivity contribution in [2.24, 2.45) is 0 Å². The third-order valence-electron chi connectivity index (χ3n) is 5.31. The van der Waals surface area contributed by atoms with Crippen LogP contribution in [-0.4, -0.2) is 54.7 Å². The van der Waals surface area contributed by atoms with Crippen molar-refractivity contribution in [3.8, 4) is 17.2 Å². The summed E-state index contributed by atoms with van der Waals surface area (Å²) >= 11 is 34.9. The zero-order valence-corrected chi connectivity index (χ0v) is 26.9. The molecule has 0 bridgehead atoms. The van der Waals surface area contributed by atoms with Crippen LogP contribution < -0.4 is 0 Å². The molecule has 6 nitrogen and oxygen atoms in total. The van der Waals surface area contributed by atoms with Gasteiger partial charge in [0.2, 0.25) is 0 Å². The predicted octanol–water partition coefficient (Wildman–Crippen LogP) is 9.36. The number of benzene rings is 3. The van der Waals surface area contributed by atoms with Crippen LogP contribution in [0, 0.1) is 0 Å². The van der Waals surface area contributed by atoms with E-state index in [1.54, 1.807) is 55.0 Å². The summed E-state index contributed by atoms with van der Waals surface area (Å²) in [7, 11) is 0. The molecular weight excluding hydrogens is 749 g/mol. The molecule has 40 heavy (non-hydrogen) atoms. The van der Waals surface area contributed by atoms with Gasteiger partial charge in [-0.2, -0.15) is 0 Å². The second kappa shape index (κ2) is 14.2. The van der Waals surface area contributed by atoms with Crippen molar-refractivity contribution < 1.29 is 15.3 Å². The number of pyridine rings is 3.